The maximum atomic E-state index is 13.6. The predicted octanol–water partition coefficient (Wildman–Crippen LogP) is 4.29. The van der Waals surface area contributed by atoms with Crippen LogP contribution in [-0.4, -0.2) is 48.7 Å². The van der Waals surface area contributed by atoms with Gasteiger partial charge in [0.1, 0.15) is 17.6 Å². The third-order valence-corrected chi connectivity index (χ3v) is 8.82. The van der Waals surface area contributed by atoms with Gasteiger partial charge in [-0.2, -0.15) is 5.26 Å². The van der Waals surface area contributed by atoms with E-state index in [0.717, 1.165) is 19.3 Å². The van der Waals surface area contributed by atoms with E-state index in [-0.39, 0.29) is 69.8 Å². The number of ether oxygens (including phenoxy) is 2. The molecule has 3 N–H and O–H groups in total. The second kappa shape index (κ2) is 11.1. The fourth-order valence-electron chi connectivity index (χ4n) is 6.41. The van der Waals surface area contributed by atoms with E-state index in [1.54, 1.807) is 13.0 Å². The maximum Gasteiger partial charge on any atom is 0.309 e. The zero-order chi connectivity index (χ0) is 28.5. The zero-order valence-corrected chi connectivity index (χ0v) is 23.6. The van der Waals surface area contributed by atoms with E-state index < -0.39 is 11.4 Å². The van der Waals surface area contributed by atoms with Gasteiger partial charge in [-0.15, -0.1) is 0 Å². The molecule has 0 saturated heterocycles. The Kier molecular flexibility index (Phi) is 8.15. The summed E-state index contributed by atoms with van der Waals surface area (Å²) in [6, 6.07) is 4.89. The van der Waals surface area contributed by atoms with Crippen LogP contribution in [0.2, 0.25) is 0 Å². The van der Waals surface area contributed by atoms with Crippen molar-refractivity contribution in [3.05, 3.63) is 23.3 Å². The first-order chi connectivity index (χ1) is 18.3. The average Bonchev–Trinajstić information content (AvgIpc) is 3.50. The number of hydrogen-bond acceptors (Lipinski definition) is 6. The standard InChI is InChI=1S/C30H41N3O6/c1-29(2,3)16-32-27(35)24-17-6-7-18(12-17)25(24)33-26(34)21-14-22(19(15-31)13-23(21)38-5)39-20-8-10-30(4,11-9-20)28(36)37/h13-14,17-18,20,24-25H,6-12,16H2,1-5H3,(H,32,35)(H,33,34)(H,36,37)/t17-,18+,20?,24+,25-,30?/m1/s1. The van der Waals surface area contributed by atoms with Crippen LogP contribution >= 0.6 is 0 Å². The monoisotopic (exact) mass is 539 g/mol. The Hall–Kier alpha value is -3.28. The van der Waals surface area contributed by atoms with E-state index in [1.807, 2.05) is 0 Å². The molecule has 2 amide bonds. The minimum absolute atomic E-state index is 0.0103. The Balaban J connectivity index is 1.52. The largest absolute Gasteiger partial charge is 0.496 e. The molecule has 9 heteroatoms. The maximum absolute atomic E-state index is 13.6. The molecule has 0 radical (unpaired) electrons. The second-order valence-corrected chi connectivity index (χ2v) is 13.0. The van der Waals surface area contributed by atoms with Crippen molar-refractivity contribution in [3.8, 4) is 17.6 Å². The van der Waals surface area contributed by atoms with Gasteiger partial charge >= 0.3 is 5.97 Å². The number of aliphatic carboxylic acids is 1. The van der Waals surface area contributed by atoms with Gasteiger partial charge in [0.2, 0.25) is 5.91 Å². The van der Waals surface area contributed by atoms with Crippen LogP contribution in [0, 0.1) is 39.9 Å². The quantitative estimate of drug-likeness (QED) is 0.448. The van der Waals surface area contributed by atoms with Crippen LogP contribution in [0.15, 0.2) is 12.1 Å². The van der Waals surface area contributed by atoms with E-state index in [4.69, 9.17) is 9.47 Å². The van der Waals surface area contributed by atoms with Gasteiger partial charge in [0.15, 0.2) is 0 Å². The Bertz CT molecular complexity index is 1160. The van der Waals surface area contributed by atoms with Crippen molar-refractivity contribution in [1.29, 1.82) is 5.26 Å². The molecule has 212 valence electrons. The van der Waals surface area contributed by atoms with Gasteiger partial charge in [-0.3, -0.25) is 14.4 Å². The first-order valence-corrected chi connectivity index (χ1v) is 14.0. The molecule has 0 aliphatic heterocycles. The third-order valence-electron chi connectivity index (χ3n) is 8.82. The minimum Gasteiger partial charge on any atom is -0.496 e. The number of rotatable bonds is 8. The molecule has 1 aromatic carbocycles. The first kappa shape index (κ1) is 28.7. The Labute approximate surface area is 230 Å². The molecule has 2 bridgehead atoms. The molecule has 0 aromatic heterocycles. The minimum atomic E-state index is -0.812. The smallest absolute Gasteiger partial charge is 0.309 e. The Morgan fingerprint density at radius 2 is 1.77 bits per heavy atom. The number of carbonyl (C=O) groups is 3. The highest BCUT2D eigenvalue weighted by molar-refractivity contribution is 5.98. The van der Waals surface area contributed by atoms with Gasteiger partial charge in [0.25, 0.3) is 5.91 Å². The van der Waals surface area contributed by atoms with Gasteiger partial charge in [0.05, 0.1) is 35.7 Å². The molecule has 3 aliphatic rings. The molecule has 1 aromatic rings. The number of nitrogens with one attached hydrogen (secondary N) is 2. The van der Waals surface area contributed by atoms with E-state index in [9.17, 15) is 24.8 Å². The lowest BCUT2D eigenvalue weighted by Crippen LogP contribution is -2.50. The van der Waals surface area contributed by atoms with E-state index >= 15 is 0 Å². The molecule has 9 nitrogen and oxygen atoms in total. The topological polar surface area (TPSA) is 138 Å². The lowest BCUT2D eigenvalue weighted by atomic mass is 9.75. The van der Waals surface area contributed by atoms with E-state index in [2.05, 4.69) is 37.5 Å². The van der Waals surface area contributed by atoms with Crippen LogP contribution in [-0.2, 0) is 9.59 Å². The number of nitriles is 1. The normalized spacial score (nSPS) is 29.8. The van der Waals surface area contributed by atoms with Crippen molar-refractivity contribution in [2.75, 3.05) is 13.7 Å². The molecule has 4 rings (SSSR count). The summed E-state index contributed by atoms with van der Waals surface area (Å²) >= 11 is 0. The van der Waals surface area contributed by atoms with Crippen LogP contribution in [0.4, 0.5) is 0 Å². The molecule has 3 fully saturated rings. The number of carboxylic acids is 1. The fraction of sp³-hybridized carbons (Fsp3) is 0.667. The summed E-state index contributed by atoms with van der Waals surface area (Å²) in [7, 11) is 1.45. The summed E-state index contributed by atoms with van der Waals surface area (Å²) in [6.07, 6.45) is 4.67. The van der Waals surface area contributed by atoms with Crippen molar-refractivity contribution in [3.63, 3.8) is 0 Å². The van der Waals surface area contributed by atoms with Crippen molar-refractivity contribution in [2.45, 2.75) is 84.8 Å². The van der Waals surface area contributed by atoms with Crippen molar-refractivity contribution in [2.24, 2.45) is 28.6 Å². The Morgan fingerprint density at radius 1 is 1.10 bits per heavy atom. The average molecular weight is 540 g/mol. The summed E-state index contributed by atoms with van der Waals surface area (Å²) < 4.78 is 11.6. The number of amides is 2. The molecule has 3 aliphatic carbocycles. The molecule has 4 atom stereocenters. The molecule has 0 heterocycles. The number of hydrogen-bond donors (Lipinski definition) is 3. The summed E-state index contributed by atoms with van der Waals surface area (Å²) in [4.78, 5) is 38.4. The highest BCUT2D eigenvalue weighted by Gasteiger charge is 2.51. The zero-order valence-electron chi connectivity index (χ0n) is 23.6. The van der Waals surface area contributed by atoms with Gasteiger partial charge in [0, 0.05) is 18.7 Å². The van der Waals surface area contributed by atoms with Gasteiger partial charge in [-0.25, -0.2) is 0 Å². The number of carboxylic acid groups (broad SMARTS) is 1. The molecule has 39 heavy (non-hydrogen) atoms. The molecule has 0 spiro atoms. The van der Waals surface area contributed by atoms with Crippen LogP contribution in [0.25, 0.3) is 0 Å². The number of benzene rings is 1. The van der Waals surface area contributed by atoms with Crippen molar-refractivity contribution in [1.82, 2.24) is 10.6 Å². The van der Waals surface area contributed by atoms with Crippen molar-refractivity contribution < 1.29 is 29.0 Å². The molecule has 0 unspecified atom stereocenters. The predicted molar refractivity (Wildman–Crippen MR) is 144 cm³/mol. The van der Waals surface area contributed by atoms with Crippen LogP contribution in [0.1, 0.15) is 88.6 Å². The molecular formula is C30H41N3O6. The number of methoxy groups -OCH3 is 1. The fourth-order valence-corrected chi connectivity index (χ4v) is 6.41. The van der Waals surface area contributed by atoms with E-state index in [1.165, 1.54) is 13.2 Å². The second-order valence-electron chi connectivity index (χ2n) is 13.0. The molecule has 3 saturated carbocycles. The number of nitrogens with zero attached hydrogens (tertiary/aromatic N) is 1. The van der Waals surface area contributed by atoms with Gasteiger partial charge in [-0.1, -0.05) is 20.8 Å². The summed E-state index contributed by atoms with van der Waals surface area (Å²) in [6.45, 7) is 8.53. The number of fused-ring (bicyclic) bond motifs is 2. The van der Waals surface area contributed by atoms with Crippen molar-refractivity contribution >= 4 is 17.8 Å². The lowest BCUT2D eigenvalue weighted by molar-refractivity contribution is -0.150. The summed E-state index contributed by atoms with van der Waals surface area (Å²) in [5.41, 5.74) is -0.328. The lowest BCUT2D eigenvalue weighted by Gasteiger charge is -2.34. The van der Waals surface area contributed by atoms with Gasteiger partial charge in [-0.05, 0) is 75.2 Å². The van der Waals surface area contributed by atoms with Crippen LogP contribution < -0.4 is 20.1 Å². The van der Waals surface area contributed by atoms with Gasteiger partial charge < -0.3 is 25.2 Å². The first-order valence-electron chi connectivity index (χ1n) is 14.0. The Morgan fingerprint density at radius 3 is 2.36 bits per heavy atom. The van der Waals surface area contributed by atoms with Crippen LogP contribution in [0.5, 0.6) is 11.5 Å². The summed E-state index contributed by atoms with van der Waals surface area (Å²) in [5.74, 6) is -0.428. The summed E-state index contributed by atoms with van der Waals surface area (Å²) in [5, 5.41) is 25.5. The van der Waals surface area contributed by atoms with E-state index in [0.29, 0.717) is 32.2 Å². The van der Waals surface area contributed by atoms with Crippen LogP contribution in [0.3, 0.4) is 0 Å². The molecular weight excluding hydrogens is 498 g/mol. The number of carbonyl (C=O) groups excluding carboxylic acids is 2. The highest BCUT2D eigenvalue weighted by atomic mass is 16.5. The third kappa shape index (κ3) is 6.15. The SMILES string of the molecule is COc1cc(C#N)c(OC2CCC(C)(C(=O)O)CC2)cc1C(=O)N[C@@H]1[C@H]2CC[C@H](C2)[C@@H]1C(=O)NCC(C)(C)C. The highest BCUT2D eigenvalue weighted by Crippen LogP contribution is 2.49.